The van der Waals surface area contributed by atoms with E-state index in [1.165, 1.54) is 19.2 Å². The van der Waals surface area contributed by atoms with E-state index in [0.29, 0.717) is 22.8 Å². The second-order valence-corrected chi connectivity index (χ2v) is 6.61. The molecule has 3 rings (SSSR count). The monoisotopic (exact) mass is 339 g/mol. The van der Waals surface area contributed by atoms with Gasteiger partial charge in [0.25, 0.3) is 0 Å². The summed E-state index contributed by atoms with van der Waals surface area (Å²) in [7, 11) is -1.79. The maximum absolute atomic E-state index is 11.6. The Hall–Kier alpha value is -2.12. The molecule has 6 nitrogen and oxygen atoms in total. The number of halogens is 1. The number of fused-ring (bicyclic) bond motifs is 1. The minimum atomic E-state index is -3.28. The third kappa shape index (κ3) is 2.90. The molecule has 8 heteroatoms. The van der Waals surface area contributed by atoms with Crippen molar-refractivity contribution in [1.29, 1.82) is 0 Å². The van der Waals surface area contributed by atoms with Crippen LogP contribution in [0.15, 0.2) is 41.4 Å². The van der Waals surface area contributed by atoms with Crippen LogP contribution in [-0.2, 0) is 9.84 Å². The van der Waals surface area contributed by atoms with Crippen LogP contribution >= 0.6 is 12.4 Å². The van der Waals surface area contributed by atoms with Crippen LogP contribution in [0.1, 0.15) is 0 Å². The maximum Gasteiger partial charge on any atom is 0.178 e. The molecule has 0 spiro atoms. The van der Waals surface area contributed by atoms with Gasteiger partial charge in [0.05, 0.1) is 23.1 Å². The molecular weight excluding hydrogens is 326 g/mol. The molecule has 0 unspecified atom stereocenters. The van der Waals surface area contributed by atoms with Gasteiger partial charge in [0.2, 0.25) is 0 Å². The van der Waals surface area contributed by atoms with E-state index >= 15 is 0 Å². The van der Waals surface area contributed by atoms with Crippen molar-refractivity contribution in [2.24, 2.45) is 0 Å². The molecule has 0 amide bonds. The fraction of sp³-hybridized carbons (Fsp3) is 0.143. The second-order valence-electron chi connectivity index (χ2n) is 4.59. The number of ether oxygens (including phenoxy) is 1. The Balaban J connectivity index is 0.00000176. The highest BCUT2D eigenvalue weighted by Crippen LogP contribution is 2.31. The number of imidazole rings is 1. The summed E-state index contributed by atoms with van der Waals surface area (Å²) in [6, 6.07) is 8.39. The zero-order chi connectivity index (χ0) is 15.0. The van der Waals surface area contributed by atoms with E-state index in [2.05, 4.69) is 15.0 Å². The SMILES string of the molecule is COc1cc(S(C)(=O)=O)ccc1-c1nc2ncccc2[nH]1.Cl. The number of hydrogen-bond acceptors (Lipinski definition) is 5. The first kappa shape index (κ1) is 16.3. The van der Waals surface area contributed by atoms with E-state index < -0.39 is 9.84 Å². The van der Waals surface area contributed by atoms with Crippen LogP contribution in [0, 0.1) is 0 Å². The van der Waals surface area contributed by atoms with Gasteiger partial charge in [-0.25, -0.2) is 18.4 Å². The van der Waals surface area contributed by atoms with Crippen LogP contribution in [0.5, 0.6) is 5.75 Å². The predicted octanol–water partition coefficient (Wildman–Crippen LogP) is 2.46. The molecule has 1 N–H and O–H groups in total. The Bertz CT molecular complexity index is 889. The number of nitrogens with zero attached hydrogens (tertiary/aromatic N) is 2. The number of methoxy groups -OCH3 is 1. The molecule has 3 aromatic rings. The Labute approximate surface area is 133 Å². The molecule has 0 fully saturated rings. The van der Waals surface area contributed by atoms with Crippen molar-refractivity contribution in [1.82, 2.24) is 15.0 Å². The van der Waals surface area contributed by atoms with Crippen molar-refractivity contribution in [3.63, 3.8) is 0 Å². The van der Waals surface area contributed by atoms with Gasteiger partial charge in [-0.2, -0.15) is 0 Å². The van der Waals surface area contributed by atoms with Gasteiger partial charge in [-0.3, -0.25) is 0 Å². The summed E-state index contributed by atoms with van der Waals surface area (Å²) in [5, 5.41) is 0. The van der Waals surface area contributed by atoms with E-state index in [1.807, 2.05) is 12.1 Å². The van der Waals surface area contributed by atoms with Crippen LogP contribution in [0.25, 0.3) is 22.6 Å². The van der Waals surface area contributed by atoms with Gasteiger partial charge in [0.1, 0.15) is 11.6 Å². The summed E-state index contributed by atoms with van der Waals surface area (Å²) in [4.78, 5) is 11.9. The molecule has 0 radical (unpaired) electrons. The number of nitrogens with one attached hydrogen (secondary N) is 1. The fourth-order valence-electron chi connectivity index (χ4n) is 2.07. The topological polar surface area (TPSA) is 84.9 Å². The highest BCUT2D eigenvalue weighted by molar-refractivity contribution is 7.90. The zero-order valence-electron chi connectivity index (χ0n) is 11.9. The summed E-state index contributed by atoms with van der Waals surface area (Å²) < 4.78 is 28.5. The number of hydrogen-bond donors (Lipinski definition) is 1. The average Bonchev–Trinajstić information content (AvgIpc) is 2.89. The van der Waals surface area contributed by atoms with Gasteiger partial charge in [0, 0.05) is 12.5 Å². The first-order chi connectivity index (χ1) is 9.99. The highest BCUT2D eigenvalue weighted by Gasteiger charge is 2.15. The van der Waals surface area contributed by atoms with Crippen molar-refractivity contribution in [3.8, 4) is 17.1 Å². The first-order valence-electron chi connectivity index (χ1n) is 6.18. The smallest absolute Gasteiger partial charge is 0.178 e. The molecule has 2 heterocycles. The second kappa shape index (κ2) is 5.94. The fourth-order valence-corrected chi connectivity index (χ4v) is 2.71. The number of pyridine rings is 1. The summed E-state index contributed by atoms with van der Waals surface area (Å²) in [5.74, 6) is 1.03. The lowest BCUT2D eigenvalue weighted by Crippen LogP contribution is -1.99. The maximum atomic E-state index is 11.6. The first-order valence-corrected chi connectivity index (χ1v) is 8.07. The van der Waals surface area contributed by atoms with E-state index in [-0.39, 0.29) is 17.3 Å². The van der Waals surface area contributed by atoms with Crippen LogP contribution < -0.4 is 4.74 Å². The third-order valence-electron chi connectivity index (χ3n) is 3.11. The number of sulfone groups is 1. The number of H-pyrrole nitrogens is 1. The Kier molecular flexibility index (Phi) is 4.39. The van der Waals surface area contributed by atoms with Gasteiger partial charge in [-0.15, -0.1) is 12.4 Å². The molecule has 116 valence electrons. The van der Waals surface area contributed by atoms with Crippen LogP contribution in [0.2, 0.25) is 0 Å². The molecule has 0 bridgehead atoms. The summed E-state index contributed by atoms with van der Waals surface area (Å²) in [6.45, 7) is 0. The van der Waals surface area contributed by atoms with Crippen molar-refractivity contribution < 1.29 is 13.2 Å². The standard InChI is InChI=1S/C14H13N3O3S.ClH/c1-20-12-8-9(21(2,18)19)5-6-10(12)13-16-11-4-3-7-15-14(11)17-13;/h3-8H,1-2H3,(H,15,16,17);1H. The van der Waals surface area contributed by atoms with Crippen molar-refractivity contribution >= 4 is 33.4 Å². The van der Waals surface area contributed by atoms with Crippen molar-refractivity contribution in [3.05, 3.63) is 36.5 Å². The molecule has 22 heavy (non-hydrogen) atoms. The molecule has 0 atom stereocenters. The molecule has 0 aliphatic rings. The summed E-state index contributed by atoms with van der Waals surface area (Å²) in [6.07, 6.45) is 2.82. The molecular formula is C14H14ClN3O3S. The highest BCUT2D eigenvalue weighted by atomic mass is 35.5. The number of benzene rings is 1. The quantitative estimate of drug-likeness (QED) is 0.792. The van der Waals surface area contributed by atoms with E-state index in [4.69, 9.17) is 4.74 Å². The molecule has 1 aromatic carbocycles. The lowest BCUT2D eigenvalue weighted by Gasteiger charge is -2.08. The molecule has 0 saturated carbocycles. The molecule has 2 aromatic heterocycles. The van der Waals surface area contributed by atoms with Gasteiger partial charge in [-0.1, -0.05) is 0 Å². The van der Waals surface area contributed by atoms with E-state index in [9.17, 15) is 8.42 Å². The number of aromatic nitrogens is 3. The summed E-state index contributed by atoms with van der Waals surface area (Å²) in [5.41, 5.74) is 2.09. The number of rotatable bonds is 3. The van der Waals surface area contributed by atoms with Crippen molar-refractivity contribution in [2.75, 3.05) is 13.4 Å². The van der Waals surface area contributed by atoms with Gasteiger partial charge in [0.15, 0.2) is 15.5 Å². The molecule has 0 saturated heterocycles. The van der Waals surface area contributed by atoms with Gasteiger partial charge >= 0.3 is 0 Å². The Morgan fingerprint density at radius 1 is 1.23 bits per heavy atom. The molecule has 0 aliphatic carbocycles. The minimum absolute atomic E-state index is 0. The predicted molar refractivity (Wildman–Crippen MR) is 86.2 cm³/mol. The minimum Gasteiger partial charge on any atom is -0.496 e. The normalized spacial score (nSPS) is 11.2. The Morgan fingerprint density at radius 3 is 2.64 bits per heavy atom. The van der Waals surface area contributed by atoms with Gasteiger partial charge in [-0.05, 0) is 30.3 Å². The average molecular weight is 340 g/mol. The largest absolute Gasteiger partial charge is 0.496 e. The Morgan fingerprint density at radius 2 is 2.00 bits per heavy atom. The summed E-state index contributed by atoms with van der Waals surface area (Å²) >= 11 is 0. The number of aromatic amines is 1. The molecule has 0 aliphatic heterocycles. The van der Waals surface area contributed by atoms with Crippen LogP contribution in [0.3, 0.4) is 0 Å². The lowest BCUT2D eigenvalue weighted by atomic mass is 10.2. The van der Waals surface area contributed by atoms with E-state index in [0.717, 1.165) is 11.8 Å². The van der Waals surface area contributed by atoms with Gasteiger partial charge < -0.3 is 9.72 Å². The van der Waals surface area contributed by atoms with Crippen LogP contribution in [-0.4, -0.2) is 36.7 Å². The third-order valence-corrected chi connectivity index (χ3v) is 4.22. The van der Waals surface area contributed by atoms with Crippen LogP contribution in [0.4, 0.5) is 0 Å². The zero-order valence-corrected chi connectivity index (χ0v) is 13.5. The van der Waals surface area contributed by atoms with E-state index in [1.54, 1.807) is 12.3 Å². The lowest BCUT2D eigenvalue weighted by molar-refractivity contribution is 0.415. The van der Waals surface area contributed by atoms with Crippen molar-refractivity contribution in [2.45, 2.75) is 4.90 Å².